The van der Waals surface area contributed by atoms with Gasteiger partial charge in [0.05, 0.1) is 0 Å². The van der Waals surface area contributed by atoms with Crippen LogP contribution in [0.5, 0.6) is 0 Å². The van der Waals surface area contributed by atoms with Crippen LogP contribution in [0, 0.1) is 11.8 Å². The molecule has 1 saturated carbocycles. The smallest absolute Gasteiger partial charge is 0.410 e. The van der Waals surface area contributed by atoms with Gasteiger partial charge in [-0.05, 0) is 51.9 Å². The standard InChI is InChI=1S/C13H24N2O2/c1-13(2,3)17-12(16)15-7-10(9-4-5-9)6-11(14)8-15/h9-11H,4-8,14H2,1-3H3/t10-,11+/m0/s1. The Bertz CT molecular complexity index is 294. The lowest BCUT2D eigenvalue weighted by Crippen LogP contribution is -2.51. The van der Waals surface area contributed by atoms with Crippen molar-refractivity contribution in [1.82, 2.24) is 4.90 Å². The Morgan fingerprint density at radius 3 is 2.41 bits per heavy atom. The van der Waals surface area contributed by atoms with Gasteiger partial charge < -0.3 is 15.4 Å². The number of nitrogens with two attached hydrogens (primary N) is 1. The molecular formula is C13H24N2O2. The van der Waals surface area contributed by atoms with E-state index in [4.69, 9.17) is 10.5 Å². The van der Waals surface area contributed by atoms with Crippen molar-refractivity contribution in [3.05, 3.63) is 0 Å². The van der Waals surface area contributed by atoms with Gasteiger partial charge in [0.15, 0.2) is 0 Å². The van der Waals surface area contributed by atoms with Crippen molar-refractivity contribution in [3.63, 3.8) is 0 Å². The molecule has 1 aliphatic heterocycles. The lowest BCUT2D eigenvalue weighted by molar-refractivity contribution is 0.0132. The molecule has 0 bridgehead atoms. The van der Waals surface area contributed by atoms with Gasteiger partial charge in [0.25, 0.3) is 0 Å². The topological polar surface area (TPSA) is 55.6 Å². The van der Waals surface area contributed by atoms with Gasteiger partial charge in [0.2, 0.25) is 0 Å². The molecule has 0 spiro atoms. The molecule has 2 rings (SSSR count). The number of nitrogens with zero attached hydrogens (tertiary/aromatic N) is 1. The molecule has 2 N–H and O–H groups in total. The number of carbonyl (C=O) groups is 1. The van der Waals surface area contributed by atoms with Gasteiger partial charge in [-0.1, -0.05) is 0 Å². The van der Waals surface area contributed by atoms with E-state index in [2.05, 4.69) is 0 Å². The fourth-order valence-electron chi connectivity index (χ4n) is 2.56. The van der Waals surface area contributed by atoms with E-state index in [1.54, 1.807) is 4.90 Å². The van der Waals surface area contributed by atoms with E-state index in [-0.39, 0.29) is 12.1 Å². The van der Waals surface area contributed by atoms with Crippen LogP contribution in [0.4, 0.5) is 4.79 Å². The molecule has 1 amide bonds. The Labute approximate surface area is 103 Å². The zero-order chi connectivity index (χ0) is 12.6. The fourth-order valence-corrected chi connectivity index (χ4v) is 2.56. The molecule has 17 heavy (non-hydrogen) atoms. The molecule has 1 saturated heterocycles. The molecule has 1 aliphatic carbocycles. The highest BCUT2D eigenvalue weighted by atomic mass is 16.6. The number of likely N-dealkylation sites (tertiary alicyclic amines) is 1. The van der Waals surface area contributed by atoms with Gasteiger partial charge in [0, 0.05) is 19.1 Å². The summed E-state index contributed by atoms with van der Waals surface area (Å²) >= 11 is 0. The van der Waals surface area contributed by atoms with E-state index in [9.17, 15) is 4.79 Å². The van der Waals surface area contributed by atoms with Gasteiger partial charge in [0.1, 0.15) is 5.60 Å². The van der Waals surface area contributed by atoms with Crippen LogP contribution in [-0.4, -0.2) is 35.7 Å². The summed E-state index contributed by atoms with van der Waals surface area (Å²) < 4.78 is 5.41. The number of rotatable bonds is 1. The molecule has 2 atom stereocenters. The predicted octanol–water partition coefficient (Wildman–Crippen LogP) is 1.98. The Morgan fingerprint density at radius 2 is 1.88 bits per heavy atom. The summed E-state index contributed by atoms with van der Waals surface area (Å²) in [4.78, 5) is 13.8. The van der Waals surface area contributed by atoms with Crippen LogP contribution in [0.15, 0.2) is 0 Å². The second kappa shape index (κ2) is 4.48. The first-order valence-electron chi connectivity index (χ1n) is 6.58. The summed E-state index contributed by atoms with van der Waals surface area (Å²) in [5.74, 6) is 1.39. The summed E-state index contributed by atoms with van der Waals surface area (Å²) in [6, 6.07) is 0.113. The van der Waals surface area contributed by atoms with Crippen molar-refractivity contribution in [2.45, 2.75) is 51.7 Å². The molecule has 0 aromatic rings. The van der Waals surface area contributed by atoms with Crippen molar-refractivity contribution in [2.24, 2.45) is 17.6 Å². The van der Waals surface area contributed by atoms with E-state index in [0.29, 0.717) is 12.5 Å². The maximum atomic E-state index is 12.0. The molecule has 1 heterocycles. The van der Waals surface area contributed by atoms with Crippen LogP contribution in [0.3, 0.4) is 0 Å². The predicted molar refractivity (Wildman–Crippen MR) is 66.6 cm³/mol. The van der Waals surface area contributed by atoms with E-state index < -0.39 is 5.60 Å². The van der Waals surface area contributed by atoms with E-state index in [1.165, 1.54) is 12.8 Å². The molecule has 0 radical (unpaired) electrons. The van der Waals surface area contributed by atoms with Crippen molar-refractivity contribution in [3.8, 4) is 0 Å². The van der Waals surface area contributed by atoms with Crippen LogP contribution in [0.2, 0.25) is 0 Å². The van der Waals surface area contributed by atoms with E-state index >= 15 is 0 Å². The summed E-state index contributed by atoms with van der Waals surface area (Å²) in [5.41, 5.74) is 5.61. The Morgan fingerprint density at radius 1 is 1.24 bits per heavy atom. The Balaban J connectivity index is 1.92. The second-order valence-corrected chi connectivity index (χ2v) is 6.48. The molecule has 4 heteroatoms. The average molecular weight is 240 g/mol. The quantitative estimate of drug-likeness (QED) is 0.762. The molecule has 0 aromatic heterocycles. The maximum Gasteiger partial charge on any atom is 0.410 e. The van der Waals surface area contributed by atoms with Crippen molar-refractivity contribution in [2.75, 3.05) is 13.1 Å². The van der Waals surface area contributed by atoms with Crippen molar-refractivity contribution < 1.29 is 9.53 Å². The minimum absolute atomic E-state index is 0.113. The first-order valence-corrected chi connectivity index (χ1v) is 6.58. The third kappa shape index (κ3) is 3.60. The van der Waals surface area contributed by atoms with E-state index in [1.807, 2.05) is 20.8 Å². The minimum atomic E-state index is -0.423. The third-order valence-corrected chi connectivity index (χ3v) is 3.46. The van der Waals surface area contributed by atoms with Crippen LogP contribution in [0.25, 0.3) is 0 Å². The van der Waals surface area contributed by atoms with Gasteiger partial charge in [-0.15, -0.1) is 0 Å². The maximum absolute atomic E-state index is 12.0. The third-order valence-electron chi connectivity index (χ3n) is 3.46. The Kier molecular flexibility index (Phi) is 3.34. The number of hydrogen-bond donors (Lipinski definition) is 1. The zero-order valence-corrected chi connectivity index (χ0v) is 11.1. The van der Waals surface area contributed by atoms with Gasteiger partial charge in [-0.25, -0.2) is 4.79 Å². The summed E-state index contributed by atoms with van der Waals surface area (Å²) in [6.45, 7) is 7.15. The first-order chi connectivity index (χ1) is 7.85. The normalized spacial score (nSPS) is 30.2. The van der Waals surface area contributed by atoms with Gasteiger partial charge in [-0.2, -0.15) is 0 Å². The summed E-state index contributed by atoms with van der Waals surface area (Å²) in [7, 11) is 0. The summed E-state index contributed by atoms with van der Waals surface area (Å²) in [6.07, 6.45) is 3.46. The highest BCUT2D eigenvalue weighted by Gasteiger charge is 2.38. The molecular weight excluding hydrogens is 216 g/mol. The zero-order valence-electron chi connectivity index (χ0n) is 11.1. The van der Waals surface area contributed by atoms with Crippen LogP contribution >= 0.6 is 0 Å². The van der Waals surface area contributed by atoms with Crippen molar-refractivity contribution >= 4 is 6.09 Å². The SMILES string of the molecule is CC(C)(C)OC(=O)N1C[C@H](N)C[C@H](C2CC2)C1. The largest absolute Gasteiger partial charge is 0.444 e. The Hall–Kier alpha value is -0.770. The molecule has 2 fully saturated rings. The molecule has 4 nitrogen and oxygen atoms in total. The first kappa shape index (κ1) is 12.7. The number of hydrogen-bond acceptors (Lipinski definition) is 3. The van der Waals surface area contributed by atoms with Crippen LogP contribution < -0.4 is 5.73 Å². The molecule has 98 valence electrons. The van der Waals surface area contributed by atoms with E-state index in [0.717, 1.165) is 18.9 Å². The van der Waals surface area contributed by atoms with Crippen molar-refractivity contribution in [1.29, 1.82) is 0 Å². The number of amides is 1. The van der Waals surface area contributed by atoms with Crippen LogP contribution in [-0.2, 0) is 4.74 Å². The lowest BCUT2D eigenvalue weighted by Gasteiger charge is -2.37. The molecule has 0 unspecified atom stereocenters. The summed E-state index contributed by atoms with van der Waals surface area (Å²) in [5, 5.41) is 0. The van der Waals surface area contributed by atoms with Gasteiger partial charge >= 0.3 is 6.09 Å². The lowest BCUT2D eigenvalue weighted by atomic mass is 9.91. The number of piperidine rings is 1. The monoisotopic (exact) mass is 240 g/mol. The molecule has 0 aromatic carbocycles. The average Bonchev–Trinajstić information content (AvgIpc) is 2.96. The fraction of sp³-hybridized carbons (Fsp3) is 0.923. The minimum Gasteiger partial charge on any atom is -0.444 e. The highest BCUT2D eigenvalue weighted by molar-refractivity contribution is 5.68. The highest BCUT2D eigenvalue weighted by Crippen LogP contribution is 2.40. The van der Waals surface area contributed by atoms with Gasteiger partial charge in [-0.3, -0.25) is 0 Å². The number of carbonyl (C=O) groups excluding carboxylic acids is 1. The second-order valence-electron chi connectivity index (χ2n) is 6.48. The molecule has 2 aliphatic rings. The number of ether oxygens (including phenoxy) is 1. The van der Waals surface area contributed by atoms with Crippen LogP contribution in [0.1, 0.15) is 40.0 Å².